The van der Waals surface area contributed by atoms with E-state index >= 15 is 0 Å². The van der Waals surface area contributed by atoms with Gasteiger partial charge in [-0.1, -0.05) is 48.5 Å². The topological polar surface area (TPSA) is 58.6 Å². The lowest BCUT2D eigenvalue weighted by atomic mass is 9.91. The molecule has 1 atom stereocenters. The molecule has 24 heavy (non-hydrogen) atoms. The Morgan fingerprint density at radius 1 is 1.21 bits per heavy atom. The van der Waals surface area contributed by atoms with Crippen molar-refractivity contribution in [3.63, 3.8) is 0 Å². The first-order valence-electron chi connectivity index (χ1n) is 8.57. The Labute approximate surface area is 154 Å². The lowest BCUT2D eigenvalue weighted by Crippen LogP contribution is -2.17. The van der Waals surface area contributed by atoms with Crippen LogP contribution in [0.25, 0.3) is 0 Å². The normalized spacial score (nSPS) is 18.5. The molecule has 0 spiro atoms. The van der Waals surface area contributed by atoms with Crippen LogP contribution in [0, 0.1) is 5.92 Å². The number of nitrogens with one attached hydrogen (secondary N) is 1. The summed E-state index contributed by atoms with van der Waals surface area (Å²) >= 11 is 11.8. The number of hydrogen-bond acceptors (Lipinski definition) is 3. The van der Waals surface area contributed by atoms with Gasteiger partial charge in [-0.15, -0.1) is 0 Å². The van der Waals surface area contributed by atoms with Gasteiger partial charge in [-0.25, -0.2) is 0 Å². The Hall–Kier alpha value is -0.0900. The van der Waals surface area contributed by atoms with E-state index in [9.17, 15) is 9.46 Å². The van der Waals surface area contributed by atoms with Gasteiger partial charge in [-0.05, 0) is 49.4 Å². The van der Waals surface area contributed by atoms with Gasteiger partial charge in [0.2, 0.25) is 0 Å². The van der Waals surface area contributed by atoms with Gasteiger partial charge in [-0.3, -0.25) is 4.57 Å². The number of rotatable bonds is 9. The summed E-state index contributed by atoms with van der Waals surface area (Å²) in [6.45, 7) is 1.69. The molecule has 1 aromatic rings. The highest BCUT2D eigenvalue weighted by Crippen LogP contribution is 2.46. The maximum absolute atomic E-state index is 12.1. The molecular weight excluding hydrogens is 368 g/mol. The standard InChI is InChI=1S/C17H26Cl2NO3P/c18-16-8-7-15(11-17(16)19)12-20-9-4-10-23-24(21,22)13-14-5-2-1-3-6-14/h7-8,11,14,20H,1-6,9-10,12-13H2,(H,21,22). The van der Waals surface area contributed by atoms with Gasteiger partial charge in [0.05, 0.1) is 22.8 Å². The number of halogens is 2. The fourth-order valence-corrected chi connectivity index (χ4v) is 4.89. The summed E-state index contributed by atoms with van der Waals surface area (Å²) in [6.07, 6.45) is 6.70. The molecule has 1 aliphatic carbocycles. The first-order valence-corrected chi connectivity index (χ1v) is 11.1. The van der Waals surface area contributed by atoms with Gasteiger partial charge >= 0.3 is 7.60 Å². The first-order chi connectivity index (χ1) is 11.5. The minimum Gasteiger partial charge on any atom is -0.324 e. The minimum atomic E-state index is -3.44. The molecular formula is C17H26Cl2NO3P. The van der Waals surface area contributed by atoms with Crippen molar-refractivity contribution >= 4 is 30.8 Å². The zero-order valence-corrected chi connectivity index (χ0v) is 16.3. The van der Waals surface area contributed by atoms with Gasteiger partial charge in [0.25, 0.3) is 0 Å². The maximum atomic E-state index is 12.1. The van der Waals surface area contributed by atoms with E-state index < -0.39 is 7.60 Å². The van der Waals surface area contributed by atoms with E-state index in [4.69, 9.17) is 27.7 Å². The SMILES string of the molecule is O=P(O)(CC1CCCCC1)OCCCNCc1ccc(Cl)c(Cl)c1. The second-order valence-electron chi connectivity index (χ2n) is 6.44. The van der Waals surface area contributed by atoms with Crippen LogP contribution in [0.3, 0.4) is 0 Å². The molecule has 1 unspecified atom stereocenters. The van der Waals surface area contributed by atoms with E-state index in [0.29, 0.717) is 48.2 Å². The van der Waals surface area contributed by atoms with E-state index in [-0.39, 0.29) is 0 Å². The Balaban J connectivity index is 1.58. The van der Waals surface area contributed by atoms with Crippen molar-refractivity contribution < 1.29 is 14.0 Å². The van der Waals surface area contributed by atoms with Crippen molar-refractivity contribution in [1.82, 2.24) is 5.32 Å². The Morgan fingerprint density at radius 3 is 2.67 bits per heavy atom. The summed E-state index contributed by atoms with van der Waals surface area (Å²) < 4.78 is 17.3. The fraction of sp³-hybridized carbons (Fsp3) is 0.647. The number of hydrogen-bond donors (Lipinski definition) is 2. The van der Waals surface area contributed by atoms with E-state index in [1.165, 1.54) is 19.3 Å². The second-order valence-corrected chi connectivity index (χ2v) is 9.15. The van der Waals surface area contributed by atoms with Crippen LogP contribution in [0.4, 0.5) is 0 Å². The Kier molecular flexibility index (Phi) is 8.56. The Morgan fingerprint density at radius 2 is 1.96 bits per heavy atom. The van der Waals surface area contributed by atoms with Crippen molar-refractivity contribution in [2.75, 3.05) is 19.3 Å². The third-order valence-corrected chi connectivity index (χ3v) is 6.62. The van der Waals surface area contributed by atoms with Crippen LogP contribution in [-0.2, 0) is 15.6 Å². The Bertz CT molecular complexity index is 565. The molecule has 7 heteroatoms. The van der Waals surface area contributed by atoms with Gasteiger partial charge < -0.3 is 14.7 Å². The monoisotopic (exact) mass is 393 g/mol. The average molecular weight is 394 g/mol. The summed E-state index contributed by atoms with van der Waals surface area (Å²) in [4.78, 5) is 9.94. The van der Waals surface area contributed by atoms with E-state index in [0.717, 1.165) is 18.4 Å². The van der Waals surface area contributed by atoms with Crippen LogP contribution in [0.15, 0.2) is 18.2 Å². The van der Waals surface area contributed by atoms with Crippen molar-refractivity contribution in [3.05, 3.63) is 33.8 Å². The van der Waals surface area contributed by atoms with Crippen LogP contribution < -0.4 is 5.32 Å². The average Bonchev–Trinajstić information content (AvgIpc) is 2.54. The molecule has 1 aliphatic rings. The highest BCUT2D eigenvalue weighted by atomic mass is 35.5. The molecule has 1 saturated carbocycles. The zero-order chi connectivity index (χ0) is 17.4. The van der Waals surface area contributed by atoms with Crippen LogP contribution in [0.1, 0.15) is 44.1 Å². The minimum absolute atomic E-state index is 0.300. The highest BCUT2D eigenvalue weighted by Gasteiger charge is 2.26. The molecule has 1 aromatic carbocycles. The molecule has 0 bridgehead atoms. The molecule has 0 radical (unpaired) electrons. The molecule has 0 saturated heterocycles. The molecule has 136 valence electrons. The quantitative estimate of drug-likeness (QED) is 0.443. The van der Waals surface area contributed by atoms with Crippen molar-refractivity contribution in [2.24, 2.45) is 5.92 Å². The van der Waals surface area contributed by atoms with Crippen LogP contribution in [-0.4, -0.2) is 24.2 Å². The van der Waals surface area contributed by atoms with Crippen LogP contribution >= 0.6 is 30.8 Å². The maximum Gasteiger partial charge on any atom is 0.328 e. The van der Waals surface area contributed by atoms with Gasteiger partial charge in [-0.2, -0.15) is 0 Å². The van der Waals surface area contributed by atoms with E-state index in [2.05, 4.69) is 5.32 Å². The second kappa shape index (κ2) is 10.2. The molecule has 2 N–H and O–H groups in total. The van der Waals surface area contributed by atoms with Crippen LogP contribution in [0.5, 0.6) is 0 Å². The third kappa shape index (κ3) is 7.43. The summed E-state index contributed by atoms with van der Waals surface area (Å²) in [5.74, 6) is 0.349. The molecule has 2 rings (SSSR count). The van der Waals surface area contributed by atoms with Crippen LogP contribution in [0.2, 0.25) is 10.0 Å². The largest absolute Gasteiger partial charge is 0.328 e. The predicted octanol–water partition coefficient (Wildman–Crippen LogP) is 5.26. The summed E-state index contributed by atoms with van der Waals surface area (Å²) in [5, 5.41) is 4.35. The van der Waals surface area contributed by atoms with Gasteiger partial charge in [0.1, 0.15) is 0 Å². The lowest BCUT2D eigenvalue weighted by Gasteiger charge is -2.23. The molecule has 0 aromatic heterocycles. The van der Waals surface area contributed by atoms with Gasteiger partial charge in [0, 0.05) is 6.54 Å². The molecule has 0 heterocycles. The zero-order valence-electron chi connectivity index (χ0n) is 13.8. The third-order valence-electron chi connectivity index (χ3n) is 4.32. The summed E-state index contributed by atoms with van der Waals surface area (Å²) in [5.41, 5.74) is 1.05. The summed E-state index contributed by atoms with van der Waals surface area (Å²) in [6, 6.07) is 5.53. The molecule has 0 amide bonds. The molecule has 1 fully saturated rings. The lowest BCUT2D eigenvalue weighted by molar-refractivity contribution is 0.244. The summed E-state index contributed by atoms with van der Waals surface area (Å²) in [7, 11) is -3.44. The predicted molar refractivity (Wildman–Crippen MR) is 100 cm³/mol. The number of benzene rings is 1. The first kappa shape index (κ1) is 20.2. The van der Waals surface area contributed by atoms with Crippen molar-refractivity contribution in [1.29, 1.82) is 0 Å². The molecule has 0 aliphatic heterocycles. The fourth-order valence-electron chi connectivity index (χ4n) is 3.04. The van der Waals surface area contributed by atoms with Gasteiger partial charge in [0.15, 0.2) is 0 Å². The molecule has 4 nitrogen and oxygen atoms in total. The van der Waals surface area contributed by atoms with Crippen molar-refractivity contribution in [3.8, 4) is 0 Å². The smallest absolute Gasteiger partial charge is 0.324 e. The van der Waals surface area contributed by atoms with Crippen molar-refractivity contribution in [2.45, 2.75) is 45.1 Å². The highest BCUT2D eigenvalue weighted by molar-refractivity contribution is 7.52. The van der Waals surface area contributed by atoms with E-state index in [1.54, 1.807) is 6.07 Å². The van der Waals surface area contributed by atoms with E-state index in [1.807, 2.05) is 12.1 Å².